The van der Waals surface area contributed by atoms with E-state index < -0.39 is 0 Å². The molecule has 0 spiro atoms. The molecule has 0 saturated carbocycles. The first-order valence-corrected chi connectivity index (χ1v) is 8.40. The van der Waals surface area contributed by atoms with E-state index in [4.69, 9.17) is 0 Å². The molecule has 0 unspecified atom stereocenters. The van der Waals surface area contributed by atoms with E-state index in [0.29, 0.717) is 0 Å². The van der Waals surface area contributed by atoms with Crippen LogP contribution in [0.4, 0.5) is 0 Å². The summed E-state index contributed by atoms with van der Waals surface area (Å²) in [6, 6.07) is 0. The van der Waals surface area contributed by atoms with Gasteiger partial charge in [-0.05, 0) is 54.7 Å². The van der Waals surface area contributed by atoms with Crippen molar-refractivity contribution < 1.29 is 0 Å². The minimum atomic E-state index is 0.890. The summed E-state index contributed by atoms with van der Waals surface area (Å²) in [5.41, 5.74) is 2.88. The molecule has 0 atom stereocenters. The Labute approximate surface area is 113 Å². The fourth-order valence-corrected chi connectivity index (χ4v) is 4.07. The average molecular weight is 270 g/mol. The van der Waals surface area contributed by atoms with Crippen LogP contribution in [0.5, 0.6) is 0 Å². The third-order valence-electron chi connectivity index (χ3n) is 3.20. The molecule has 1 aliphatic heterocycles. The molecule has 1 saturated heterocycles. The number of hydrogen-bond acceptors (Lipinski definition) is 4. The van der Waals surface area contributed by atoms with E-state index in [1.807, 2.05) is 0 Å². The first-order chi connectivity index (χ1) is 8.36. The highest BCUT2D eigenvalue weighted by Crippen LogP contribution is 2.19. The van der Waals surface area contributed by atoms with Gasteiger partial charge in [0.1, 0.15) is 0 Å². The molecule has 0 aromatic carbocycles. The lowest BCUT2D eigenvalue weighted by atomic mass is 10.2. The quantitative estimate of drug-likeness (QED) is 0.777. The number of thioether (sulfide) groups is 1. The molecule has 96 valence electrons. The first-order valence-electron chi connectivity index (χ1n) is 6.41. The van der Waals surface area contributed by atoms with Crippen LogP contribution < -0.4 is 10.6 Å². The molecule has 2 nitrogen and oxygen atoms in total. The first kappa shape index (κ1) is 13.4. The van der Waals surface area contributed by atoms with Crippen molar-refractivity contribution >= 4 is 23.1 Å². The number of nitrogens with one attached hydrogen (secondary N) is 2. The van der Waals surface area contributed by atoms with Crippen LogP contribution in [0.3, 0.4) is 0 Å². The van der Waals surface area contributed by atoms with Gasteiger partial charge in [-0.1, -0.05) is 0 Å². The maximum absolute atomic E-state index is 3.54. The monoisotopic (exact) mass is 270 g/mol. The molecule has 1 aromatic rings. The number of piperidine rings is 1. The van der Waals surface area contributed by atoms with Crippen LogP contribution in [0.25, 0.3) is 0 Å². The standard InChI is InChI=1S/C13H22N2S2/c1-11-9-16-10-12(11)8-15-6-7-17-13-2-4-14-5-3-13/h9-10,13-15H,2-8H2,1H3. The second-order valence-corrected chi connectivity index (χ2v) is 6.73. The van der Waals surface area contributed by atoms with Gasteiger partial charge in [-0.15, -0.1) is 0 Å². The van der Waals surface area contributed by atoms with Crippen molar-refractivity contribution in [1.82, 2.24) is 10.6 Å². The van der Waals surface area contributed by atoms with E-state index in [-0.39, 0.29) is 0 Å². The van der Waals surface area contributed by atoms with Gasteiger partial charge in [0.2, 0.25) is 0 Å². The Kier molecular flexibility index (Phi) is 5.85. The fraction of sp³-hybridized carbons (Fsp3) is 0.692. The smallest absolute Gasteiger partial charge is 0.0216 e. The predicted octanol–water partition coefficient (Wildman–Crippen LogP) is 2.63. The molecule has 1 aromatic heterocycles. The summed E-state index contributed by atoms with van der Waals surface area (Å²) in [7, 11) is 0. The van der Waals surface area contributed by atoms with Crippen molar-refractivity contribution in [3.8, 4) is 0 Å². The Balaban J connectivity index is 1.53. The van der Waals surface area contributed by atoms with Crippen LogP contribution >= 0.6 is 23.1 Å². The molecule has 0 amide bonds. The molecule has 0 aliphatic carbocycles. The van der Waals surface area contributed by atoms with Gasteiger partial charge in [0.15, 0.2) is 0 Å². The summed E-state index contributed by atoms with van der Waals surface area (Å²) in [5.74, 6) is 1.24. The second-order valence-electron chi connectivity index (χ2n) is 4.58. The number of aryl methyl sites for hydroxylation is 1. The molecule has 2 rings (SSSR count). The molecule has 1 aliphatic rings. The van der Waals surface area contributed by atoms with Crippen LogP contribution in [0.1, 0.15) is 24.0 Å². The van der Waals surface area contributed by atoms with E-state index >= 15 is 0 Å². The lowest BCUT2D eigenvalue weighted by molar-refractivity contribution is 0.531. The fourth-order valence-electron chi connectivity index (χ4n) is 2.05. The third-order valence-corrected chi connectivity index (χ3v) is 5.49. The van der Waals surface area contributed by atoms with Gasteiger partial charge in [-0.25, -0.2) is 0 Å². The van der Waals surface area contributed by atoms with Crippen LogP contribution in [0.15, 0.2) is 10.8 Å². The van der Waals surface area contributed by atoms with Gasteiger partial charge >= 0.3 is 0 Å². The molecule has 0 radical (unpaired) electrons. The maximum atomic E-state index is 3.54. The normalized spacial score (nSPS) is 17.5. The van der Waals surface area contributed by atoms with Crippen molar-refractivity contribution in [3.05, 3.63) is 21.9 Å². The summed E-state index contributed by atoms with van der Waals surface area (Å²) < 4.78 is 0. The maximum Gasteiger partial charge on any atom is 0.0216 e. The van der Waals surface area contributed by atoms with Gasteiger partial charge in [0, 0.05) is 24.1 Å². The van der Waals surface area contributed by atoms with E-state index in [2.05, 4.69) is 40.1 Å². The summed E-state index contributed by atoms with van der Waals surface area (Å²) >= 11 is 3.94. The Hall–Kier alpha value is -0.0300. The summed E-state index contributed by atoms with van der Waals surface area (Å²) in [6.07, 6.45) is 2.68. The molecule has 2 heterocycles. The summed E-state index contributed by atoms with van der Waals surface area (Å²) in [6.45, 7) is 6.77. The van der Waals surface area contributed by atoms with Crippen LogP contribution in [-0.4, -0.2) is 30.6 Å². The zero-order valence-corrected chi connectivity index (χ0v) is 12.1. The predicted molar refractivity (Wildman–Crippen MR) is 79.1 cm³/mol. The van der Waals surface area contributed by atoms with Crippen molar-refractivity contribution in [2.75, 3.05) is 25.4 Å². The van der Waals surface area contributed by atoms with Crippen molar-refractivity contribution in [2.24, 2.45) is 0 Å². The van der Waals surface area contributed by atoms with E-state index in [1.165, 1.54) is 42.8 Å². The Morgan fingerprint density at radius 1 is 1.41 bits per heavy atom. The number of rotatable bonds is 6. The summed E-state index contributed by atoms with van der Waals surface area (Å²) in [4.78, 5) is 0. The van der Waals surface area contributed by atoms with Crippen LogP contribution in [-0.2, 0) is 6.54 Å². The lowest BCUT2D eigenvalue weighted by Gasteiger charge is -2.22. The number of hydrogen-bond donors (Lipinski definition) is 2. The zero-order valence-electron chi connectivity index (χ0n) is 10.5. The SMILES string of the molecule is Cc1cscc1CNCCSC1CCNCC1. The van der Waals surface area contributed by atoms with Gasteiger partial charge in [-0.3, -0.25) is 0 Å². The minimum Gasteiger partial charge on any atom is -0.317 e. The molecule has 2 N–H and O–H groups in total. The highest BCUT2D eigenvalue weighted by molar-refractivity contribution is 7.99. The molecular weight excluding hydrogens is 248 g/mol. The van der Waals surface area contributed by atoms with Crippen molar-refractivity contribution in [1.29, 1.82) is 0 Å². The molecule has 0 bridgehead atoms. The average Bonchev–Trinajstić information content (AvgIpc) is 2.76. The Bertz CT molecular complexity index is 319. The molecule has 4 heteroatoms. The topological polar surface area (TPSA) is 24.1 Å². The highest BCUT2D eigenvalue weighted by atomic mass is 32.2. The van der Waals surface area contributed by atoms with Gasteiger partial charge in [0.25, 0.3) is 0 Å². The highest BCUT2D eigenvalue weighted by Gasteiger charge is 2.12. The largest absolute Gasteiger partial charge is 0.317 e. The van der Waals surface area contributed by atoms with E-state index in [0.717, 1.165) is 18.3 Å². The molecular formula is C13H22N2S2. The molecule has 1 fully saturated rings. The van der Waals surface area contributed by atoms with Gasteiger partial charge in [0.05, 0.1) is 0 Å². The second kappa shape index (κ2) is 7.41. The van der Waals surface area contributed by atoms with E-state index in [1.54, 1.807) is 11.3 Å². The molecule has 17 heavy (non-hydrogen) atoms. The Morgan fingerprint density at radius 2 is 2.24 bits per heavy atom. The van der Waals surface area contributed by atoms with Crippen LogP contribution in [0.2, 0.25) is 0 Å². The van der Waals surface area contributed by atoms with Crippen molar-refractivity contribution in [3.63, 3.8) is 0 Å². The zero-order chi connectivity index (χ0) is 11.9. The lowest BCUT2D eigenvalue weighted by Crippen LogP contribution is -2.30. The summed E-state index contributed by atoms with van der Waals surface area (Å²) in [5, 5.41) is 12.3. The minimum absolute atomic E-state index is 0.890. The van der Waals surface area contributed by atoms with Crippen molar-refractivity contribution in [2.45, 2.75) is 31.6 Å². The number of thiophene rings is 1. The third kappa shape index (κ3) is 4.62. The van der Waals surface area contributed by atoms with Gasteiger partial charge < -0.3 is 10.6 Å². The van der Waals surface area contributed by atoms with Gasteiger partial charge in [-0.2, -0.15) is 23.1 Å². The van der Waals surface area contributed by atoms with Crippen LogP contribution in [0, 0.1) is 6.92 Å². The van der Waals surface area contributed by atoms with E-state index in [9.17, 15) is 0 Å². The Morgan fingerprint density at radius 3 is 2.94 bits per heavy atom.